The normalized spacial score (nSPS) is 13.2. The standard InChI is InChI=1S/C77H122O6/c1-4-7-10-13-16-19-22-25-28-30-32-34-36-37-38-39-41-42-44-46-49-52-55-58-61-64-67-70-76(79)82-73-74(72-81-75(78)69-66-63-60-57-54-51-48-27-24-21-18-15-12-9-6-3)83-77(80)71-68-65-62-59-56-53-50-47-45-43-40-35-33-31-29-26-23-20-17-14-11-8-5-2/h7-8,10-11,16-21,25-29,32-35,37-38,41-42,46,48-49,55,58,74H,4-6,9,12-15,22-24,30-31,36,39-40,43-45,47,50-54,56-57,59-73H2,1-3H3/b10-7-,11-8-,19-16-,20-17-,21-18-,28-25-,29-26-,34-32-,35-33-,38-37-,42-41-,48-27-,49-46-,58-55-. The van der Waals surface area contributed by atoms with E-state index in [4.69, 9.17) is 14.2 Å². The van der Waals surface area contributed by atoms with Crippen LogP contribution in [0.3, 0.4) is 0 Å². The maximum absolute atomic E-state index is 12.9. The third-order valence-electron chi connectivity index (χ3n) is 13.7. The van der Waals surface area contributed by atoms with Crippen LogP contribution >= 0.6 is 0 Å². The minimum Gasteiger partial charge on any atom is -0.462 e. The van der Waals surface area contributed by atoms with Crippen molar-refractivity contribution in [1.29, 1.82) is 0 Å². The molecule has 0 spiro atoms. The van der Waals surface area contributed by atoms with E-state index in [-0.39, 0.29) is 31.1 Å². The van der Waals surface area contributed by atoms with Gasteiger partial charge < -0.3 is 14.2 Å². The van der Waals surface area contributed by atoms with E-state index in [1.165, 1.54) is 77.0 Å². The molecular formula is C77H122O6. The van der Waals surface area contributed by atoms with Crippen molar-refractivity contribution in [3.05, 3.63) is 170 Å². The molecule has 466 valence electrons. The van der Waals surface area contributed by atoms with E-state index in [2.05, 4.69) is 191 Å². The lowest BCUT2D eigenvalue weighted by atomic mass is 10.0. The molecule has 0 aliphatic carbocycles. The van der Waals surface area contributed by atoms with Crippen LogP contribution in [0.15, 0.2) is 170 Å². The lowest BCUT2D eigenvalue weighted by molar-refractivity contribution is -0.167. The molecule has 0 heterocycles. The van der Waals surface area contributed by atoms with E-state index in [1.54, 1.807) is 0 Å². The molecule has 0 N–H and O–H groups in total. The number of esters is 3. The Morgan fingerprint density at radius 2 is 0.470 bits per heavy atom. The Kier molecular flexibility index (Phi) is 64.9. The second-order valence-corrected chi connectivity index (χ2v) is 21.6. The highest BCUT2D eigenvalue weighted by molar-refractivity contribution is 5.71. The van der Waals surface area contributed by atoms with Gasteiger partial charge in [-0.3, -0.25) is 14.4 Å². The molecule has 1 atom stereocenters. The topological polar surface area (TPSA) is 78.9 Å². The average Bonchev–Trinajstić information content (AvgIpc) is 3.49. The molecule has 1 unspecified atom stereocenters. The first-order valence-electron chi connectivity index (χ1n) is 33.6. The summed E-state index contributed by atoms with van der Waals surface area (Å²) in [6.07, 6.45) is 102. The lowest BCUT2D eigenvalue weighted by Crippen LogP contribution is -2.30. The SMILES string of the molecule is CC/C=C\C/C=C\C/C=C\C/C=C\C/C=C\C/C=C\C/C=C\C/C=C\CCCCC(=O)OCC(COC(=O)CCCCCCC/C=C\C/C=C\CCCCC)OC(=O)CCCCCCCCCCCC/C=C\C/C=C\C/C=C\C/C=C\CC. The maximum Gasteiger partial charge on any atom is 0.306 e. The third kappa shape index (κ3) is 67.4. The number of carbonyl (C=O) groups is 3. The Balaban J connectivity index is 4.49. The molecule has 0 bridgehead atoms. The first-order valence-corrected chi connectivity index (χ1v) is 33.6. The van der Waals surface area contributed by atoms with Crippen LogP contribution in [-0.4, -0.2) is 37.2 Å². The van der Waals surface area contributed by atoms with Gasteiger partial charge in [0.05, 0.1) is 0 Å². The van der Waals surface area contributed by atoms with Crippen LogP contribution in [0.4, 0.5) is 0 Å². The van der Waals surface area contributed by atoms with Crippen molar-refractivity contribution in [3.63, 3.8) is 0 Å². The summed E-state index contributed by atoms with van der Waals surface area (Å²) in [7, 11) is 0. The zero-order valence-corrected chi connectivity index (χ0v) is 53.4. The quantitative estimate of drug-likeness (QED) is 0.0261. The minimum atomic E-state index is -0.815. The van der Waals surface area contributed by atoms with Gasteiger partial charge in [0.1, 0.15) is 13.2 Å². The van der Waals surface area contributed by atoms with Crippen molar-refractivity contribution >= 4 is 17.9 Å². The molecule has 0 aliphatic heterocycles. The van der Waals surface area contributed by atoms with Gasteiger partial charge in [-0.15, -0.1) is 0 Å². The van der Waals surface area contributed by atoms with Gasteiger partial charge in [0.15, 0.2) is 6.10 Å². The van der Waals surface area contributed by atoms with Crippen molar-refractivity contribution in [2.75, 3.05) is 13.2 Å². The summed E-state index contributed by atoms with van der Waals surface area (Å²) in [4.78, 5) is 38.4. The van der Waals surface area contributed by atoms with Gasteiger partial charge in [0.25, 0.3) is 0 Å². The highest BCUT2D eigenvalue weighted by Crippen LogP contribution is 2.15. The summed E-state index contributed by atoms with van der Waals surface area (Å²) in [5, 5.41) is 0. The highest BCUT2D eigenvalue weighted by atomic mass is 16.6. The minimum absolute atomic E-state index is 0.108. The van der Waals surface area contributed by atoms with Crippen molar-refractivity contribution in [2.45, 2.75) is 284 Å². The summed E-state index contributed by atoms with van der Waals surface area (Å²) in [6, 6.07) is 0. The first kappa shape index (κ1) is 77.8. The smallest absolute Gasteiger partial charge is 0.306 e. The zero-order chi connectivity index (χ0) is 59.9. The zero-order valence-electron chi connectivity index (χ0n) is 53.4. The molecule has 0 rings (SSSR count). The van der Waals surface area contributed by atoms with Crippen LogP contribution in [-0.2, 0) is 28.6 Å². The van der Waals surface area contributed by atoms with Crippen molar-refractivity contribution < 1.29 is 28.6 Å². The maximum atomic E-state index is 12.9. The fourth-order valence-corrected chi connectivity index (χ4v) is 8.71. The van der Waals surface area contributed by atoms with Crippen LogP contribution in [0.1, 0.15) is 278 Å². The number of unbranched alkanes of at least 4 members (excludes halogenated alkanes) is 20. The number of hydrogen-bond donors (Lipinski definition) is 0. The second kappa shape index (κ2) is 69.3. The second-order valence-electron chi connectivity index (χ2n) is 21.6. The number of allylic oxidation sites excluding steroid dienone is 28. The molecule has 0 aromatic carbocycles. The summed E-state index contributed by atoms with van der Waals surface area (Å²) in [6.45, 7) is 6.34. The van der Waals surface area contributed by atoms with Crippen LogP contribution in [0, 0.1) is 0 Å². The molecule has 6 heteroatoms. The highest BCUT2D eigenvalue weighted by Gasteiger charge is 2.19. The predicted octanol–water partition coefficient (Wildman–Crippen LogP) is 23.4. The molecule has 6 nitrogen and oxygen atoms in total. The summed E-state index contributed by atoms with van der Waals surface area (Å²) < 4.78 is 16.9. The largest absolute Gasteiger partial charge is 0.462 e. The monoisotopic (exact) mass is 1140 g/mol. The Hall–Kier alpha value is -5.23. The van der Waals surface area contributed by atoms with Gasteiger partial charge in [-0.05, 0) is 154 Å². The molecule has 83 heavy (non-hydrogen) atoms. The average molecular weight is 1140 g/mol. The van der Waals surface area contributed by atoms with Crippen LogP contribution < -0.4 is 0 Å². The molecular weight excluding hydrogens is 1020 g/mol. The Morgan fingerprint density at radius 1 is 0.253 bits per heavy atom. The van der Waals surface area contributed by atoms with E-state index >= 15 is 0 Å². The molecule has 0 fully saturated rings. The fraction of sp³-hybridized carbons (Fsp3) is 0.597. The van der Waals surface area contributed by atoms with Crippen LogP contribution in [0.2, 0.25) is 0 Å². The summed E-state index contributed by atoms with van der Waals surface area (Å²) in [5.74, 6) is -0.972. The lowest BCUT2D eigenvalue weighted by Gasteiger charge is -2.18. The van der Waals surface area contributed by atoms with Crippen LogP contribution in [0.25, 0.3) is 0 Å². The van der Waals surface area contributed by atoms with Crippen LogP contribution in [0.5, 0.6) is 0 Å². The fourth-order valence-electron chi connectivity index (χ4n) is 8.71. The number of ether oxygens (including phenoxy) is 3. The first-order chi connectivity index (χ1) is 41.0. The molecule has 0 aliphatic rings. The third-order valence-corrected chi connectivity index (χ3v) is 13.7. The van der Waals surface area contributed by atoms with Gasteiger partial charge in [-0.25, -0.2) is 0 Å². The predicted molar refractivity (Wildman–Crippen MR) is 361 cm³/mol. The Labute approximate surface area is 511 Å². The van der Waals surface area contributed by atoms with Gasteiger partial charge in [-0.2, -0.15) is 0 Å². The van der Waals surface area contributed by atoms with Gasteiger partial charge in [0, 0.05) is 19.3 Å². The Morgan fingerprint density at radius 3 is 0.759 bits per heavy atom. The molecule has 0 radical (unpaired) electrons. The van der Waals surface area contributed by atoms with E-state index < -0.39 is 6.10 Å². The molecule has 0 saturated carbocycles. The van der Waals surface area contributed by atoms with E-state index in [0.29, 0.717) is 25.7 Å². The molecule has 0 amide bonds. The Bertz CT molecular complexity index is 1890. The van der Waals surface area contributed by atoms with E-state index in [9.17, 15) is 14.4 Å². The summed E-state index contributed by atoms with van der Waals surface area (Å²) >= 11 is 0. The number of hydrogen-bond acceptors (Lipinski definition) is 6. The number of carbonyl (C=O) groups excluding carboxylic acids is 3. The van der Waals surface area contributed by atoms with Crippen molar-refractivity contribution in [3.8, 4) is 0 Å². The molecule has 0 saturated heterocycles. The van der Waals surface area contributed by atoms with E-state index in [1.807, 2.05) is 0 Å². The molecule has 0 aromatic heterocycles. The summed E-state index contributed by atoms with van der Waals surface area (Å²) in [5.41, 5.74) is 0. The van der Waals surface area contributed by atoms with Gasteiger partial charge in [-0.1, -0.05) is 274 Å². The number of rotatable bonds is 59. The van der Waals surface area contributed by atoms with E-state index in [0.717, 1.165) is 154 Å². The van der Waals surface area contributed by atoms with Gasteiger partial charge in [0.2, 0.25) is 0 Å². The molecule has 0 aromatic rings. The van der Waals surface area contributed by atoms with Crippen molar-refractivity contribution in [2.24, 2.45) is 0 Å². The van der Waals surface area contributed by atoms with Gasteiger partial charge >= 0.3 is 17.9 Å². The van der Waals surface area contributed by atoms with Crippen molar-refractivity contribution in [1.82, 2.24) is 0 Å².